The lowest BCUT2D eigenvalue weighted by Crippen LogP contribution is -2.20. The Kier molecular flexibility index (Phi) is 5.97. The Hall–Kier alpha value is -3.21. The van der Waals surface area contributed by atoms with Gasteiger partial charge in [0.15, 0.2) is 34.2 Å². The zero-order valence-electron chi connectivity index (χ0n) is 14.8. The number of hydrogen-bond acceptors (Lipinski definition) is 3. The van der Waals surface area contributed by atoms with E-state index in [-0.39, 0.29) is 10.9 Å². The molecule has 0 spiro atoms. The minimum Gasteiger partial charge on any atom is -0.495 e. The second kappa shape index (κ2) is 8.43. The van der Waals surface area contributed by atoms with Crippen LogP contribution in [0.15, 0.2) is 36.5 Å². The number of ether oxygens (including phenoxy) is 1. The maximum Gasteiger partial charge on any atom is 0.200 e. The molecule has 0 atom stereocenters. The van der Waals surface area contributed by atoms with E-state index in [2.05, 4.69) is 15.7 Å². The standard InChI is InChI=1S/C18H13F5N4OS/c1-28-11-5-3-2-4-10(11)24-18(29)25-12-6-7-27(26-12)8-9-13(19)15(21)17(23)16(22)14(9)20/h2-7H,8H2,1H3,(H2,24,25,26,29). The van der Waals surface area contributed by atoms with Crippen molar-refractivity contribution in [3.8, 4) is 5.75 Å². The van der Waals surface area contributed by atoms with Gasteiger partial charge in [-0.2, -0.15) is 5.10 Å². The first-order chi connectivity index (χ1) is 13.8. The average molecular weight is 428 g/mol. The van der Waals surface area contributed by atoms with Crippen molar-refractivity contribution in [3.63, 3.8) is 0 Å². The molecule has 0 saturated heterocycles. The third kappa shape index (κ3) is 4.29. The Morgan fingerprint density at radius 1 is 0.966 bits per heavy atom. The Balaban J connectivity index is 1.73. The van der Waals surface area contributed by atoms with Crippen LogP contribution in [0.4, 0.5) is 33.5 Å². The summed E-state index contributed by atoms with van der Waals surface area (Å²) in [5.41, 5.74) is -0.404. The molecule has 11 heteroatoms. The lowest BCUT2D eigenvalue weighted by atomic mass is 10.1. The molecule has 2 aromatic carbocycles. The molecule has 0 aliphatic rings. The highest BCUT2D eigenvalue weighted by Crippen LogP contribution is 2.25. The summed E-state index contributed by atoms with van der Waals surface area (Å²) >= 11 is 5.17. The largest absolute Gasteiger partial charge is 0.495 e. The predicted molar refractivity (Wildman–Crippen MR) is 100 cm³/mol. The van der Waals surface area contributed by atoms with Gasteiger partial charge in [0, 0.05) is 12.3 Å². The van der Waals surface area contributed by atoms with Gasteiger partial charge < -0.3 is 15.4 Å². The Bertz CT molecular complexity index is 1040. The Labute approximate surface area is 167 Å². The van der Waals surface area contributed by atoms with Crippen LogP contribution < -0.4 is 15.4 Å². The fourth-order valence-corrected chi connectivity index (χ4v) is 2.70. The van der Waals surface area contributed by atoms with Crippen molar-refractivity contribution in [1.29, 1.82) is 0 Å². The molecule has 0 bridgehead atoms. The molecule has 0 unspecified atom stereocenters. The van der Waals surface area contributed by atoms with E-state index in [4.69, 9.17) is 17.0 Å². The zero-order valence-corrected chi connectivity index (χ0v) is 15.6. The maximum absolute atomic E-state index is 13.8. The third-order valence-corrected chi connectivity index (χ3v) is 4.06. The van der Waals surface area contributed by atoms with Crippen LogP contribution in [-0.2, 0) is 6.54 Å². The molecule has 0 fully saturated rings. The smallest absolute Gasteiger partial charge is 0.200 e. The first kappa shape index (κ1) is 20.5. The number of para-hydroxylation sites is 2. The summed E-state index contributed by atoms with van der Waals surface area (Å²) < 4.78 is 73.5. The molecule has 0 amide bonds. The number of benzene rings is 2. The molecule has 0 aliphatic heterocycles. The monoisotopic (exact) mass is 428 g/mol. The van der Waals surface area contributed by atoms with Crippen molar-refractivity contribution in [2.45, 2.75) is 6.54 Å². The van der Waals surface area contributed by atoms with Crippen molar-refractivity contribution in [3.05, 3.63) is 71.2 Å². The predicted octanol–water partition coefficient (Wildman–Crippen LogP) is 4.44. The quantitative estimate of drug-likeness (QED) is 0.272. The summed E-state index contributed by atoms with van der Waals surface area (Å²) in [6, 6.07) is 8.42. The van der Waals surface area contributed by atoms with E-state index < -0.39 is 41.2 Å². The normalized spacial score (nSPS) is 10.7. The maximum atomic E-state index is 13.8. The zero-order chi connectivity index (χ0) is 21.1. The van der Waals surface area contributed by atoms with Gasteiger partial charge in [0.05, 0.1) is 24.9 Å². The summed E-state index contributed by atoms with van der Waals surface area (Å²) in [5.74, 6) is -9.29. The first-order valence-electron chi connectivity index (χ1n) is 8.06. The van der Waals surface area contributed by atoms with Crippen LogP contribution in [0, 0.1) is 29.1 Å². The van der Waals surface area contributed by atoms with Gasteiger partial charge in [-0.3, -0.25) is 4.68 Å². The van der Waals surface area contributed by atoms with E-state index in [0.717, 1.165) is 4.68 Å². The van der Waals surface area contributed by atoms with Gasteiger partial charge in [-0.15, -0.1) is 0 Å². The molecule has 29 heavy (non-hydrogen) atoms. The minimum atomic E-state index is -2.21. The van der Waals surface area contributed by atoms with E-state index in [1.165, 1.54) is 19.4 Å². The Morgan fingerprint density at radius 3 is 2.24 bits per heavy atom. The molecular formula is C18H13F5N4OS. The number of nitrogens with one attached hydrogen (secondary N) is 2. The van der Waals surface area contributed by atoms with Crippen LogP contribution in [0.25, 0.3) is 0 Å². The number of anilines is 2. The van der Waals surface area contributed by atoms with Gasteiger partial charge in [-0.1, -0.05) is 12.1 Å². The van der Waals surface area contributed by atoms with Crippen molar-refractivity contribution in [1.82, 2.24) is 9.78 Å². The van der Waals surface area contributed by atoms with Gasteiger partial charge in [0.25, 0.3) is 0 Å². The van der Waals surface area contributed by atoms with Crippen molar-refractivity contribution < 1.29 is 26.7 Å². The van der Waals surface area contributed by atoms with Crippen LogP contribution in [0.3, 0.4) is 0 Å². The molecule has 1 heterocycles. The van der Waals surface area contributed by atoms with Crippen LogP contribution >= 0.6 is 12.2 Å². The van der Waals surface area contributed by atoms with Crippen LogP contribution in [0.1, 0.15) is 5.56 Å². The van der Waals surface area contributed by atoms with Gasteiger partial charge in [0.2, 0.25) is 5.82 Å². The lowest BCUT2D eigenvalue weighted by Gasteiger charge is -2.12. The first-order valence-corrected chi connectivity index (χ1v) is 8.47. The van der Waals surface area contributed by atoms with Crippen LogP contribution in [0.5, 0.6) is 5.75 Å². The van der Waals surface area contributed by atoms with E-state index in [9.17, 15) is 22.0 Å². The summed E-state index contributed by atoms with van der Waals surface area (Å²) in [7, 11) is 1.50. The minimum absolute atomic E-state index is 0.149. The van der Waals surface area contributed by atoms with Crippen LogP contribution in [0.2, 0.25) is 0 Å². The lowest BCUT2D eigenvalue weighted by molar-refractivity contribution is 0.367. The molecular weight excluding hydrogens is 415 g/mol. The fourth-order valence-electron chi connectivity index (χ4n) is 2.49. The topological polar surface area (TPSA) is 51.1 Å². The van der Waals surface area contributed by atoms with Gasteiger partial charge in [0.1, 0.15) is 5.75 Å². The second-order valence-electron chi connectivity index (χ2n) is 5.73. The molecule has 3 rings (SSSR count). The Morgan fingerprint density at radius 2 is 1.59 bits per heavy atom. The van der Waals surface area contributed by atoms with E-state index in [1.807, 2.05) is 0 Å². The second-order valence-corrected chi connectivity index (χ2v) is 6.13. The number of thiocarbonyl (C=S) groups is 1. The number of aromatic nitrogens is 2. The van der Waals surface area contributed by atoms with Gasteiger partial charge in [-0.25, -0.2) is 22.0 Å². The molecule has 152 valence electrons. The molecule has 2 N–H and O–H groups in total. The highest BCUT2D eigenvalue weighted by molar-refractivity contribution is 7.80. The molecule has 3 aromatic rings. The summed E-state index contributed by atoms with van der Waals surface area (Å²) in [5, 5.41) is 9.76. The SMILES string of the molecule is COc1ccccc1NC(=S)Nc1ccn(Cc2c(F)c(F)c(F)c(F)c2F)n1. The highest BCUT2D eigenvalue weighted by atomic mass is 32.1. The summed E-state index contributed by atoms with van der Waals surface area (Å²) in [6.07, 6.45) is 1.30. The summed E-state index contributed by atoms with van der Waals surface area (Å²) in [6.45, 7) is -0.667. The van der Waals surface area contributed by atoms with Crippen molar-refractivity contribution >= 4 is 28.8 Å². The third-order valence-electron chi connectivity index (χ3n) is 3.86. The number of halogens is 5. The summed E-state index contributed by atoms with van der Waals surface area (Å²) in [4.78, 5) is 0. The number of rotatable bonds is 5. The van der Waals surface area contributed by atoms with Crippen molar-refractivity contribution in [2.75, 3.05) is 17.7 Å². The van der Waals surface area contributed by atoms with Crippen LogP contribution in [-0.4, -0.2) is 22.0 Å². The van der Waals surface area contributed by atoms with E-state index in [0.29, 0.717) is 11.4 Å². The van der Waals surface area contributed by atoms with Gasteiger partial charge in [-0.05, 0) is 24.4 Å². The van der Waals surface area contributed by atoms with Gasteiger partial charge >= 0.3 is 0 Å². The molecule has 0 aliphatic carbocycles. The van der Waals surface area contributed by atoms with E-state index >= 15 is 0 Å². The fraction of sp³-hybridized carbons (Fsp3) is 0.111. The average Bonchev–Trinajstić information content (AvgIpc) is 3.15. The number of methoxy groups -OCH3 is 1. The number of nitrogens with zero attached hydrogens (tertiary/aromatic N) is 2. The van der Waals surface area contributed by atoms with Crippen molar-refractivity contribution in [2.24, 2.45) is 0 Å². The molecule has 1 aromatic heterocycles. The molecule has 0 radical (unpaired) electrons. The van der Waals surface area contributed by atoms with E-state index in [1.54, 1.807) is 24.3 Å². The molecule has 0 saturated carbocycles. The number of hydrogen-bond donors (Lipinski definition) is 2. The highest BCUT2D eigenvalue weighted by Gasteiger charge is 2.25. The molecule has 5 nitrogen and oxygen atoms in total.